The predicted octanol–water partition coefficient (Wildman–Crippen LogP) is 8.05. The van der Waals surface area contributed by atoms with Gasteiger partial charge in [-0.3, -0.25) is 4.79 Å². The molecule has 0 aliphatic carbocycles. The molecule has 3 aliphatic rings. The zero-order valence-electron chi connectivity index (χ0n) is 52.3. The minimum atomic E-state index is -1.98. The molecule has 0 bridgehead atoms. The number of carbonyl (C=O) groups is 1. The molecule has 17 atom stereocenters. The van der Waals surface area contributed by atoms with E-state index in [0.717, 1.165) is 51.4 Å². The van der Waals surface area contributed by atoms with Crippen LogP contribution in [0.1, 0.15) is 245 Å². The van der Waals surface area contributed by atoms with Gasteiger partial charge in [0.2, 0.25) is 5.91 Å². The lowest BCUT2D eigenvalue weighted by atomic mass is 9.96. The Bertz CT molecular complexity index is 1690. The first-order valence-corrected chi connectivity index (χ1v) is 33.7. The standard InChI is InChI=1S/C66H121NO18/c1-3-5-7-9-11-13-15-17-19-20-21-22-23-24-25-26-27-28-30-32-34-36-38-40-42-44-54(72)67-49(50(71)43-41-39-37-35-33-31-29-18-16-14-12-10-8-6-4-2)48-80-64-60(78)57(75)62(52(46-69)82-64)85-66-61(79)58(76)63(53(47-70)83-66)84-65-59(77)56(74)55(73)51(45-68)81-65/h15,17,20-21,41,43,49-53,55-66,68-71,73-79H,3-14,16,18-19,22-40,42,44-48H2,1-2H3,(H,67,72)/b17-15-,21-20-,43-41+. The number of rotatable bonds is 51. The van der Waals surface area contributed by atoms with Crippen molar-refractivity contribution in [2.45, 2.75) is 349 Å². The van der Waals surface area contributed by atoms with Gasteiger partial charge in [0, 0.05) is 6.42 Å². The van der Waals surface area contributed by atoms with E-state index in [0.29, 0.717) is 6.42 Å². The molecule has 498 valence electrons. The topological polar surface area (TPSA) is 307 Å². The number of hydrogen-bond donors (Lipinski definition) is 12. The molecule has 19 nitrogen and oxygen atoms in total. The van der Waals surface area contributed by atoms with Crippen LogP contribution in [0.5, 0.6) is 0 Å². The maximum Gasteiger partial charge on any atom is 0.220 e. The molecule has 0 radical (unpaired) electrons. The number of aliphatic hydroxyl groups is 11. The van der Waals surface area contributed by atoms with Crippen LogP contribution in [0, 0.1) is 0 Å². The summed E-state index contributed by atoms with van der Waals surface area (Å²) in [5.74, 6) is -0.275. The van der Waals surface area contributed by atoms with Crippen LogP contribution in [0.25, 0.3) is 0 Å². The first kappa shape index (κ1) is 77.3. The monoisotopic (exact) mass is 1220 g/mol. The van der Waals surface area contributed by atoms with Crippen LogP contribution in [0.2, 0.25) is 0 Å². The maximum atomic E-state index is 13.4. The Morgan fingerprint density at radius 3 is 1.20 bits per heavy atom. The van der Waals surface area contributed by atoms with Gasteiger partial charge in [0.25, 0.3) is 0 Å². The van der Waals surface area contributed by atoms with E-state index in [1.54, 1.807) is 6.08 Å². The van der Waals surface area contributed by atoms with E-state index in [4.69, 9.17) is 28.4 Å². The Labute approximate surface area is 511 Å². The third-order valence-electron chi connectivity index (χ3n) is 16.9. The smallest absolute Gasteiger partial charge is 0.220 e. The van der Waals surface area contributed by atoms with Gasteiger partial charge >= 0.3 is 0 Å². The summed E-state index contributed by atoms with van der Waals surface area (Å²) in [5, 5.41) is 120. The second-order valence-corrected chi connectivity index (χ2v) is 24.3. The highest BCUT2D eigenvalue weighted by Gasteiger charge is 2.53. The quantitative estimate of drug-likeness (QED) is 0.0202. The number of aliphatic hydroxyl groups excluding tert-OH is 11. The highest BCUT2D eigenvalue weighted by Crippen LogP contribution is 2.33. The largest absolute Gasteiger partial charge is 0.394 e. The lowest BCUT2D eigenvalue weighted by Crippen LogP contribution is -2.66. The molecular formula is C66H121NO18. The molecule has 3 rings (SSSR count). The summed E-state index contributed by atoms with van der Waals surface area (Å²) in [6.07, 6.45) is 28.3. The molecule has 85 heavy (non-hydrogen) atoms. The molecule has 0 saturated carbocycles. The average molecular weight is 1220 g/mol. The van der Waals surface area contributed by atoms with E-state index in [2.05, 4.69) is 43.5 Å². The minimum Gasteiger partial charge on any atom is -0.394 e. The van der Waals surface area contributed by atoms with Crippen molar-refractivity contribution in [2.24, 2.45) is 0 Å². The van der Waals surface area contributed by atoms with Crippen molar-refractivity contribution in [3.05, 3.63) is 36.5 Å². The Hall–Kier alpha value is -1.99. The summed E-state index contributed by atoms with van der Waals surface area (Å²) >= 11 is 0. The normalized spacial score (nSPS) is 29.2. The average Bonchev–Trinajstić information content (AvgIpc) is 3.63. The van der Waals surface area contributed by atoms with Crippen molar-refractivity contribution in [1.82, 2.24) is 5.32 Å². The Morgan fingerprint density at radius 2 is 0.776 bits per heavy atom. The van der Waals surface area contributed by atoms with Gasteiger partial charge in [-0.2, -0.15) is 0 Å². The molecule has 0 aromatic rings. The number of allylic oxidation sites excluding steroid dienone is 5. The van der Waals surface area contributed by atoms with Gasteiger partial charge < -0.3 is 89.9 Å². The molecule has 3 aliphatic heterocycles. The number of ether oxygens (including phenoxy) is 6. The summed E-state index contributed by atoms with van der Waals surface area (Å²) in [6.45, 7) is 1.73. The highest BCUT2D eigenvalue weighted by molar-refractivity contribution is 5.76. The van der Waals surface area contributed by atoms with Gasteiger partial charge in [-0.25, -0.2) is 0 Å². The Balaban J connectivity index is 1.43. The van der Waals surface area contributed by atoms with Crippen LogP contribution in [0.3, 0.4) is 0 Å². The summed E-state index contributed by atoms with van der Waals surface area (Å²) < 4.78 is 34.3. The van der Waals surface area contributed by atoms with E-state index in [1.807, 2.05) is 6.08 Å². The second-order valence-electron chi connectivity index (χ2n) is 24.3. The van der Waals surface area contributed by atoms with E-state index in [1.165, 1.54) is 167 Å². The molecule has 1 amide bonds. The molecular weight excluding hydrogens is 1090 g/mol. The van der Waals surface area contributed by atoms with Gasteiger partial charge in [-0.1, -0.05) is 224 Å². The van der Waals surface area contributed by atoms with E-state index >= 15 is 0 Å². The minimum absolute atomic E-state index is 0.243. The van der Waals surface area contributed by atoms with Crippen molar-refractivity contribution in [3.8, 4) is 0 Å². The van der Waals surface area contributed by atoms with Gasteiger partial charge in [0.1, 0.15) is 73.2 Å². The number of nitrogens with one attached hydrogen (secondary N) is 1. The molecule has 0 aromatic heterocycles. The van der Waals surface area contributed by atoms with Crippen molar-refractivity contribution in [3.63, 3.8) is 0 Å². The molecule has 0 spiro atoms. The highest BCUT2D eigenvalue weighted by atomic mass is 16.8. The zero-order chi connectivity index (χ0) is 61.9. The Kier molecular flexibility index (Phi) is 44.4. The van der Waals surface area contributed by atoms with Crippen LogP contribution in [-0.4, -0.2) is 193 Å². The summed E-state index contributed by atoms with van der Waals surface area (Å²) in [5.41, 5.74) is 0. The predicted molar refractivity (Wildman–Crippen MR) is 328 cm³/mol. The number of amides is 1. The zero-order valence-corrected chi connectivity index (χ0v) is 52.3. The molecule has 19 heteroatoms. The fourth-order valence-corrected chi connectivity index (χ4v) is 11.4. The third kappa shape index (κ3) is 31.5. The van der Waals surface area contributed by atoms with Gasteiger partial charge in [-0.05, 0) is 51.4 Å². The third-order valence-corrected chi connectivity index (χ3v) is 16.9. The van der Waals surface area contributed by atoms with Gasteiger partial charge in [0.05, 0.1) is 38.6 Å². The molecule has 12 N–H and O–H groups in total. The lowest BCUT2D eigenvalue weighted by molar-refractivity contribution is -0.379. The maximum absolute atomic E-state index is 13.4. The van der Waals surface area contributed by atoms with Crippen LogP contribution in [-0.2, 0) is 33.2 Å². The number of carbonyl (C=O) groups excluding carboxylic acids is 1. The Morgan fingerprint density at radius 1 is 0.424 bits per heavy atom. The second kappa shape index (κ2) is 48.8. The van der Waals surface area contributed by atoms with Crippen molar-refractivity contribution >= 4 is 5.91 Å². The van der Waals surface area contributed by atoms with Gasteiger partial charge in [-0.15, -0.1) is 0 Å². The fourth-order valence-electron chi connectivity index (χ4n) is 11.4. The van der Waals surface area contributed by atoms with Crippen LogP contribution >= 0.6 is 0 Å². The number of unbranched alkanes of at least 4 members (excludes halogenated alkanes) is 31. The van der Waals surface area contributed by atoms with Crippen LogP contribution in [0.15, 0.2) is 36.5 Å². The van der Waals surface area contributed by atoms with Crippen molar-refractivity contribution < 1.29 is 89.4 Å². The first-order chi connectivity index (χ1) is 41.3. The SMILES string of the molecule is CCCCCCC/C=C\C/C=C\CCCCCCCCCCCCCCCC(=O)NC(COC1OC(CO)C(OC2OC(CO)C(OC3OC(CO)C(O)C(O)C3O)C(O)C2O)C(O)C1O)C(O)/C=C/CCCCCCCCCCCCCCC. The van der Waals surface area contributed by atoms with Crippen molar-refractivity contribution in [1.29, 1.82) is 0 Å². The summed E-state index contributed by atoms with van der Waals surface area (Å²) in [7, 11) is 0. The van der Waals surface area contributed by atoms with Gasteiger partial charge in [0.15, 0.2) is 18.9 Å². The molecule has 17 unspecified atom stereocenters. The molecule has 3 heterocycles. The van der Waals surface area contributed by atoms with E-state index in [-0.39, 0.29) is 18.9 Å². The summed E-state index contributed by atoms with van der Waals surface area (Å²) in [6, 6.07) is -0.972. The summed E-state index contributed by atoms with van der Waals surface area (Å²) in [4.78, 5) is 13.4. The van der Waals surface area contributed by atoms with Crippen LogP contribution in [0.4, 0.5) is 0 Å². The van der Waals surface area contributed by atoms with E-state index in [9.17, 15) is 61.0 Å². The molecule has 3 saturated heterocycles. The first-order valence-electron chi connectivity index (χ1n) is 33.7. The molecule has 0 aromatic carbocycles. The van der Waals surface area contributed by atoms with E-state index < -0.39 is 124 Å². The van der Waals surface area contributed by atoms with Crippen LogP contribution < -0.4 is 5.32 Å². The van der Waals surface area contributed by atoms with Crippen molar-refractivity contribution in [2.75, 3.05) is 26.4 Å². The fraction of sp³-hybridized carbons (Fsp3) is 0.894. The number of hydrogen-bond acceptors (Lipinski definition) is 18. The lowest BCUT2D eigenvalue weighted by Gasteiger charge is -2.48. The molecule has 3 fully saturated rings.